The lowest BCUT2D eigenvalue weighted by Gasteiger charge is -2.31. The Kier molecular flexibility index (Phi) is 5.44. The number of hydrogen-bond donors (Lipinski definition) is 1. The number of carbonyl (C=O) groups is 1. The fraction of sp³-hybridized carbons (Fsp3) is 0.438. The number of hydrogen-bond acceptors (Lipinski definition) is 5. The van der Waals surface area contributed by atoms with Gasteiger partial charge in [-0.2, -0.15) is 9.40 Å². The van der Waals surface area contributed by atoms with E-state index in [1.54, 1.807) is 32.3 Å². The molecular weight excluding hydrogens is 422 g/mol. The molecule has 1 unspecified atom stereocenters. The minimum Gasteiger partial charge on any atom is -0.310 e. The number of aryl methyl sites for hydroxylation is 1. The van der Waals surface area contributed by atoms with Crippen molar-refractivity contribution in [2.75, 3.05) is 18.4 Å². The molecule has 2 aromatic heterocycles. The van der Waals surface area contributed by atoms with Gasteiger partial charge in [-0.05, 0) is 47.8 Å². The van der Waals surface area contributed by atoms with Crippen molar-refractivity contribution < 1.29 is 13.2 Å². The first-order valence-corrected chi connectivity index (χ1v) is 10.4. The Bertz CT molecular complexity index is 910. The van der Waals surface area contributed by atoms with E-state index in [1.807, 2.05) is 0 Å². The smallest absolute Gasteiger partial charge is 0.246 e. The minimum absolute atomic E-state index is 0.152. The Balaban J connectivity index is 1.73. The fourth-order valence-electron chi connectivity index (χ4n) is 2.92. The summed E-state index contributed by atoms with van der Waals surface area (Å²) in [7, 11) is -1.97. The molecule has 0 saturated carbocycles. The average molecular weight is 442 g/mol. The molecule has 3 heterocycles. The van der Waals surface area contributed by atoms with Gasteiger partial charge in [-0.15, -0.1) is 0 Å². The monoisotopic (exact) mass is 441 g/mol. The molecule has 0 spiro atoms. The third kappa shape index (κ3) is 3.81. The van der Waals surface area contributed by atoms with E-state index in [1.165, 1.54) is 15.2 Å². The summed E-state index contributed by atoms with van der Waals surface area (Å²) in [6.45, 7) is 2.27. The molecule has 1 aliphatic rings. The lowest BCUT2D eigenvalue weighted by molar-refractivity contribution is -0.120. The van der Waals surface area contributed by atoms with E-state index in [0.717, 1.165) is 4.47 Å². The van der Waals surface area contributed by atoms with Crippen LogP contribution >= 0.6 is 15.9 Å². The number of amides is 1. The van der Waals surface area contributed by atoms with Crippen molar-refractivity contribution in [1.82, 2.24) is 19.1 Å². The molecule has 3 rings (SSSR count). The van der Waals surface area contributed by atoms with Crippen LogP contribution in [0.1, 0.15) is 18.5 Å². The topological polar surface area (TPSA) is 97.2 Å². The highest BCUT2D eigenvalue weighted by Gasteiger charge is 2.35. The fourth-order valence-corrected chi connectivity index (χ4v) is 4.87. The molecule has 2 aromatic rings. The zero-order valence-corrected chi connectivity index (χ0v) is 16.9. The molecule has 1 amide bonds. The summed E-state index contributed by atoms with van der Waals surface area (Å²) in [5.74, 6) is -0.190. The molecule has 26 heavy (non-hydrogen) atoms. The molecule has 0 aliphatic carbocycles. The molecule has 1 aliphatic heterocycles. The zero-order valence-electron chi connectivity index (χ0n) is 14.5. The van der Waals surface area contributed by atoms with Crippen molar-refractivity contribution >= 4 is 37.7 Å². The van der Waals surface area contributed by atoms with Crippen LogP contribution in [0.5, 0.6) is 0 Å². The van der Waals surface area contributed by atoms with Gasteiger partial charge in [0.25, 0.3) is 0 Å². The summed E-state index contributed by atoms with van der Waals surface area (Å²) < 4.78 is 29.5. The van der Waals surface area contributed by atoms with Crippen LogP contribution in [0.25, 0.3) is 0 Å². The maximum atomic E-state index is 12.9. The van der Waals surface area contributed by atoms with Crippen LogP contribution in [0, 0.1) is 12.8 Å². The molecule has 1 N–H and O–H groups in total. The van der Waals surface area contributed by atoms with Crippen LogP contribution in [0.15, 0.2) is 33.9 Å². The van der Waals surface area contributed by atoms with Crippen LogP contribution in [0.3, 0.4) is 0 Å². The Labute approximate surface area is 160 Å². The van der Waals surface area contributed by atoms with E-state index in [-0.39, 0.29) is 17.3 Å². The van der Waals surface area contributed by atoms with Crippen molar-refractivity contribution in [2.45, 2.75) is 24.7 Å². The van der Waals surface area contributed by atoms with E-state index in [2.05, 4.69) is 31.3 Å². The van der Waals surface area contributed by atoms with Gasteiger partial charge in [0.1, 0.15) is 10.7 Å². The van der Waals surface area contributed by atoms with E-state index >= 15 is 0 Å². The molecule has 1 saturated heterocycles. The third-order valence-corrected chi connectivity index (χ3v) is 6.98. The first kappa shape index (κ1) is 19.0. The second-order valence-electron chi connectivity index (χ2n) is 6.27. The van der Waals surface area contributed by atoms with Crippen molar-refractivity contribution in [2.24, 2.45) is 13.0 Å². The number of anilines is 1. The summed E-state index contributed by atoms with van der Waals surface area (Å²) >= 11 is 3.29. The summed E-state index contributed by atoms with van der Waals surface area (Å²) in [5.41, 5.74) is 0.579. The van der Waals surface area contributed by atoms with Gasteiger partial charge < -0.3 is 5.32 Å². The molecule has 10 heteroatoms. The predicted octanol–water partition coefficient (Wildman–Crippen LogP) is 1.93. The number of nitrogens with zero attached hydrogens (tertiary/aromatic N) is 4. The number of nitrogens with one attached hydrogen (secondary N) is 1. The second kappa shape index (κ2) is 7.45. The van der Waals surface area contributed by atoms with Crippen molar-refractivity contribution in [3.63, 3.8) is 0 Å². The highest BCUT2D eigenvalue weighted by Crippen LogP contribution is 2.26. The Morgan fingerprint density at radius 2 is 2.12 bits per heavy atom. The van der Waals surface area contributed by atoms with Gasteiger partial charge in [0, 0.05) is 30.8 Å². The Morgan fingerprint density at radius 3 is 2.73 bits per heavy atom. The van der Waals surface area contributed by atoms with Crippen LogP contribution < -0.4 is 5.32 Å². The van der Waals surface area contributed by atoms with Gasteiger partial charge in [0.2, 0.25) is 15.9 Å². The maximum Gasteiger partial charge on any atom is 0.246 e. The van der Waals surface area contributed by atoms with Crippen LogP contribution in [-0.2, 0) is 21.9 Å². The van der Waals surface area contributed by atoms with Gasteiger partial charge in [0.05, 0.1) is 17.8 Å². The first-order valence-electron chi connectivity index (χ1n) is 8.20. The van der Waals surface area contributed by atoms with Crippen LogP contribution in [0.4, 0.5) is 5.82 Å². The second-order valence-corrected chi connectivity index (χ2v) is 9.09. The van der Waals surface area contributed by atoms with Crippen molar-refractivity contribution in [1.29, 1.82) is 0 Å². The Hall–Kier alpha value is -1.78. The number of aromatic nitrogens is 3. The number of rotatable bonds is 4. The molecule has 140 valence electrons. The summed E-state index contributed by atoms with van der Waals surface area (Å²) in [5, 5.41) is 6.77. The average Bonchev–Trinajstić information content (AvgIpc) is 2.97. The number of piperidine rings is 1. The summed E-state index contributed by atoms with van der Waals surface area (Å²) in [6, 6.07) is 3.48. The summed E-state index contributed by atoms with van der Waals surface area (Å²) in [6.07, 6.45) is 4.23. The van der Waals surface area contributed by atoms with Gasteiger partial charge in [-0.3, -0.25) is 9.48 Å². The number of sulfonamides is 1. The van der Waals surface area contributed by atoms with Crippen LogP contribution in [-0.4, -0.2) is 46.5 Å². The molecule has 1 fully saturated rings. The van der Waals surface area contributed by atoms with Gasteiger partial charge in [-0.25, -0.2) is 13.4 Å². The largest absolute Gasteiger partial charge is 0.310 e. The number of carbonyl (C=O) groups excluding carboxylic acids is 1. The third-order valence-electron chi connectivity index (χ3n) is 4.54. The van der Waals surface area contributed by atoms with Gasteiger partial charge in [0.15, 0.2) is 0 Å². The molecular formula is C16H20BrN5O3S. The Morgan fingerprint density at radius 1 is 1.35 bits per heavy atom. The van der Waals surface area contributed by atoms with Crippen LogP contribution in [0.2, 0.25) is 0 Å². The molecule has 0 aromatic carbocycles. The van der Waals surface area contributed by atoms with E-state index in [0.29, 0.717) is 30.9 Å². The lowest BCUT2D eigenvalue weighted by atomic mass is 9.99. The number of pyridine rings is 1. The standard InChI is InChI=1S/C16H20BrN5O3S/c1-11-14(9-19-21(11)2)26(24,25)22-7-3-4-12(10-22)16(23)20-15-6-5-13(17)8-18-15/h5-6,8-9,12H,3-4,7,10H2,1-2H3,(H,18,20,23). The maximum absolute atomic E-state index is 12.9. The van der Waals surface area contributed by atoms with Crippen molar-refractivity contribution in [3.8, 4) is 0 Å². The lowest BCUT2D eigenvalue weighted by Crippen LogP contribution is -2.43. The highest BCUT2D eigenvalue weighted by atomic mass is 79.9. The normalized spacial score (nSPS) is 18.7. The van der Waals surface area contributed by atoms with Crippen molar-refractivity contribution in [3.05, 3.63) is 34.7 Å². The zero-order chi connectivity index (χ0) is 18.9. The number of halogens is 1. The molecule has 0 bridgehead atoms. The van der Waals surface area contributed by atoms with E-state index in [4.69, 9.17) is 0 Å². The predicted molar refractivity (Wildman–Crippen MR) is 100.0 cm³/mol. The quantitative estimate of drug-likeness (QED) is 0.781. The van der Waals surface area contributed by atoms with E-state index < -0.39 is 15.9 Å². The van der Waals surface area contributed by atoms with Gasteiger partial charge in [-0.1, -0.05) is 0 Å². The van der Waals surface area contributed by atoms with E-state index in [9.17, 15) is 13.2 Å². The summed E-state index contributed by atoms with van der Waals surface area (Å²) in [4.78, 5) is 16.8. The van der Waals surface area contributed by atoms with Gasteiger partial charge >= 0.3 is 0 Å². The molecule has 1 atom stereocenters. The highest BCUT2D eigenvalue weighted by molar-refractivity contribution is 9.10. The minimum atomic E-state index is -3.67. The molecule has 0 radical (unpaired) electrons. The molecule has 8 nitrogen and oxygen atoms in total. The first-order chi connectivity index (χ1) is 12.3. The SMILES string of the molecule is Cc1c(S(=O)(=O)N2CCCC(C(=O)Nc3ccc(Br)cn3)C2)cnn1C.